The Kier molecular flexibility index (Phi) is 4.26. The highest BCUT2D eigenvalue weighted by Crippen LogP contribution is 2.18. The lowest BCUT2D eigenvalue weighted by Gasteiger charge is -2.21. The first-order valence-electron chi connectivity index (χ1n) is 6.03. The smallest absolute Gasteiger partial charge is 0.129 e. The predicted molar refractivity (Wildman–Crippen MR) is 74.0 cm³/mol. The Balaban J connectivity index is 2.24. The Morgan fingerprint density at radius 2 is 2.22 bits per heavy atom. The van der Waals surface area contributed by atoms with Crippen molar-refractivity contribution in [1.29, 1.82) is 0 Å². The van der Waals surface area contributed by atoms with Gasteiger partial charge in [-0.25, -0.2) is 4.98 Å². The second-order valence-electron chi connectivity index (χ2n) is 4.20. The maximum atomic E-state index is 5.90. The van der Waals surface area contributed by atoms with Gasteiger partial charge < -0.3 is 9.32 Å². The van der Waals surface area contributed by atoms with Crippen molar-refractivity contribution in [3.8, 4) is 0 Å². The van der Waals surface area contributed by atoms with Crippen LogP contribution in [0.1, 0.15) is 23.9 Å². The highest BCUT2D eigenvalue weighted by molar-refractivity contribution is 6.17. The van der Waals surface area contributed by atoms with Crippen LogP contribution in [0.5, 0.6) is 0 Å². The van der Waals surface area contributed by atoms with Crippen molar-refractivity contribution in [2.24, 2.45) is 0 Å². The molecule has 2 aromatic heterocycles. The maximum absolute atomic E-state index is 5.90. The molecule has 0 spiro atoms. The van der Waals surface area contributed by atoms with Crippen LogP contribution >= 0.6 is 11.6 Å². The molecular formula is C14H17ClN2O. The van der Waals surface area contributed by atoms with Gasteiger partial charge in [0, 0.05) is 18.1 Å². The van der Waals surface area contributed by atoms with E-state index in [9.17, 15) is 0 Å². The highest BCUT2D eigenvalue weighted by atomic mass is 35.5. The Labute approximate surface area is 112 Å². The number of aromatic nitrogens is 1. The molecule has 0 atom stereocenters. The van der Waals surface area contributed by atoms with Crippen LogP contribution in [0.15, 0.2) is 34.9 Å². The molecule has 0 radical (unpaired) electrons. The zero-order chi connectivity index (χ0) is 13.0. The summed E-state index contributed by atoms with van der Waals surface area (Å²) in [4.78, 5) is 6.73. The van der Waals surface area contributed by atoms with E-state index in [1.807, 2.05) is 31.2 Å². The normalized spacial score (nSPS) is 10.6. The predicted octanol–water partition coefficient (Wildman–Crippen LogP) is 3.75. The summed E-state index contributed by atoms with van der Waals surface area (Å²) in [7, 11) is 0. The summed E-state index contributed by atoms with van der Waals surface area (Å²) in [5, 5.41) is 0. The summed E-state index contributed by atoms with van der Waals surface area (Å²) in [5.41, 5.74) is 2.08. The van der Waals surface area contributed by atoms with Gasteiger partial charge in [-0.15, -0.1) is 11.6 Å². The number of furan rings is 1. The fourth-order valence-electron chi connectivity index (χ4n) is 1.91. The molecule has 0 fully saturated rings. The topological polar surface area (TPSA) is 29.3 Å². The summed E-state index contributed by atoms with van der Waals surface area (Å²) < 4.78 is 5.38. The SMILES string of the molecule is CCN(Cc1ccco1)c1cc(CCl)cc(C)n1. The second kappa shape index (κ2) is 5.91. The molecule has 18 heavy (non-hydrogen) atoms. The summed E-state index contributed by atoms with van der Waals surface area (Å²) >= 11 is 5.90. The minimum atomic E-state index is 0.509. The molecular weight excluding hydrogens is 248 g/mol. The molecule has 0 aliphatic rings. The van der Waals surface area contributed by atoms with E-state index in [0.717, 1.165) is 35.9 Å². The van der Waals surface area contributed by atoms with Crippen molar-refractivity contribution in [3.05, 3.63) is 47.5 Å². The van der Waals surface area contributed by atoms with E-state index in [-0.39, 0.29) is 0 Å². The highest BCUT2D eigenvalue weighted by Gasteiger charge is 2.10. The van der Waals surface area contributed by atoms with Gasteiger partial charge in [0.25, 0.3) is 0 Å². The Morgan fingerprint density at radius 1 is 1.39 bits per heavy atom. The summed E-state index contributed by atoms with van der Waals surface area (Å²) in [6.45, 7) is 5.69. The molecule has 0 bridgehead atoms. The summed E-state index contributed by atoms with van der Waals surface area (Å²) in [6.07, 6.45) is 1.69. The second-order valence-corrected chi connectivity index (χ2v) is 4.47. The maximum Gasteiger partial charge on any atom is 0.129 e. The lowest BCUT2D eigenvalue weighted by atomic mass is 10.2. The van der Waals surface area contributed by atoms with E-state index in [1.165, 1.54) is 0 Å². The quantitative estimate of drug-likeness (QED) is 0.771. The van der Waals surface area contributed by atoms with Crippen molar-refractivity contribution in [3.63, 3.8) is 0 Å². The van der Waals surface area contributed by atoms with Crippen LogP contribution in [0, 0.1) is 6.92 Å². The number of halogens is 1. The first kappa shape index (κ1) is 13.0. The molecule has 0 aromatic carbocycles. The molecule has 2 aromatic rings. The standard InChI is InChI=1S/C14H17ClN2O/c1-3-17(10-13-5-4-6-18-13)14-8-12(9-15)7-11(2)16-14/h4-8H,3,9-10H2,1-2H3. The van der Waals surface area contributed by atoms with Crippen molar-refractivity contribution in [1.82, 2.24) is 4.98 Å². The third-order valence-corrected chi connectivity index (χ3v) is 3.10. The van der Waals surface area contributed by atoms with Gasteiger partial charge >= 0.3 is 0 Å². The van der Waals surface area contributed by atoms with Gasteiger partial charge in [-0.3, -0.25) is 0 Å². The monoisotopic (exact) mass is 264 g/mol. The molecule has 0 saturated heterocycles. The van der Waals surface area contributed by atoms with Crippen molar-refractivity contribution in [2.45, 2.75) is 26.3 Å². The Morgan fingerprint density at radius 3 is 2.83 bits per heavy atom. The van der Waals surface area contributed by atoms with Crippen LogP contribution in [0.25, 0.3) is 0 Å². The van der Waals surface area contributed by atoms with Gasteiger partial charge in [0.15, 0.2) is 0 Å². The average molecular weight is 265 g/mol. The van der Waals surface area contributed by atoms with Crippen LogP contribution in [0.4, 0.5) is 5.82 Å². The molecule has 96 valence electrons. The van der Waals surface area contributed by atoms with E-state index >= 15 is 0 Å². The van der Waals surface area contributed by atoms with Gasteiger partial charge in [-0.1, -0.05) is 0 Å². The van der Waals surface area contributed by atoms with Crippen LogP contribution in [-0.4, -0.2) is 11.5 Å². The number of alkyl halides is 1. The van der Waals surface area contributed by atoms with Crippen molar-refractivity contribution < 1.29 is 4.42 Å². The third kappa shape index (κ3) is 3.05. The number of nitrogens with zero attached hydrogens (tertiary/aromatic N) is 2. The molecule has 0 unspecified atom stereocenters. The van der Waals surface area contributed by atoms with Gasteiger partial charge in [0.1, 0.15) is 11.6 Å². The number of aryl methyl sites for hydroxylation is 1. The summed E-state index contributed by atoms with van der Waals surface area (Å²) in [5.74, 6) is 2.39. The minimum absolute atomic E-state index is 0.509. The fraction of sp³-hybridized carbons (Fsp3) is 0.357. The molecule has 3 nitrogen and oxygen atoms in total. The van der Waals surface area contributed by atoms with Crippen LogP contribution in [0.3, 0.4) is 0 Å². The molecule has 2 heterocycles. The number of hydrogen-bond acceptors (Lipinski definition) is 3. The fourth-order valence-corrected chi connectivity index (χ4v) is 2.06. The first-order valence-corrected chi connectivity index (χ1v) is 6.57. The van der Waals surface area contributed by atoms with Gasteiger partial charge in [-0.2, -0.15) is 0 Å². The number of pyridine rings is 1. The van der Waals surface area contributed by atoms with E-state index in [2.05, 4.69) is 16.8 Å². The number of hydrogen-bond donors (Lipinski definition) is 0. The molecule has 0 aliphatic heterocycles. The lowest BCUT2D eigenvalue weighted by Crippen LogP contribution is -2.23. The molecule has 0 saturated carbocycles. The van der Waals surface area contributed by atoms with Crippen molar-refractivity contribution in [2.75, 3.05) is 11.4 Å². The van der Waals surface area contributed by atoms with Gasteiger partial charge in [0.05, 0.1) is 12.8 Å². The van der Waals surface area contributed by atoms with E-state index < -0.39 is 0 Å². The van der Waals surface area contributed by atoms with Crippen LogP contribution < -0.4 is 4.90 Å². The van der Waals surface area contributed by atoms with E-state index in [0.29, 0.717) is 5.88 Å². The largest absolute Gasteiger partial charge is 0.467 e. The lowest BCUT2D eigenvalue weighted by molar-refractivity contribution is 0.503. The van der Waals surface area contributed by atoms with Gasteiger partial charge in [-0.05, 0) is 43.7 Å². The molecule has 2 rings (SSSR count). The molecule has 0 amide bonds. The minimum Gasteiger partial charge on any atom is -0.467 e. The first-order chi connectivity index (χ1) is 8.72. The third-order valence-electron chi connectivity index (χ3n) is 2.79. The Bertz CT molecular complexity index is 497. The molecule has 0 N–H and O–H groups in total. The number of rotatable bonds is 5. The molecule has 4 heteroatoms. The van der Waals surface area contributed by atoms with Gasteiger partial charge in [0.2, 0.25) is 0 Å². The van der Waals surface area contributed by atoms with Crippen molar-refractivity contribution >= 4 is 17.4 Å². The van der Waals surface area contributed by atoms with E-state index in [4.69, 9.17) is 16.0 Å². The molecule has 0 aliphatic carbocycles. The zero-order valence-corrected chi connectivity index (χ0v) is 11.4. The van der Waals surface area contributed by atoms with E-state index in [1.54, 1.807) is 6.26 Å². The van der Waals surface area contributed by atoms with Crippen LogP contribution in [0.2, 0.25) is 0 Å². The zero-order valence-electron chi connectivity index (χ0n) is 10.7. The number of anilines is 1. The summed E-state index contributed by atoms with van der Waals surface area (Å²) in [6, 6.07) is 7.92. The Hall–Kier alpha value is -1.48. The van der Waals surface area contributed by atoms with Crippen LogP contribution in [-0.2, 0) is 12.4 Å². The average Bonchev–Trinajstić information content (AvgIpc) is 2.88.